The molecule has 1 unspecified atom stereocenters. The van der Waals surface area contributed by atoms with Crippen molar-refractivity contribution < 1.29 is 32.3 Å². The predicted molar refractivity (Wildman–Crippen MR) is 168 cm³/mol. The van der Waals surface area contributed by atoms with Gasteiger partial charge in [-0.25, -0.2) is 9.52 Å². The first-order valence-electron chi connectivity index (χ1n) is 15.2. The Morgan fingerprint density at radius 2 is 1.84 bits per heavy atom. The van der Waals surface area contributed by atoms with E-state index in [2.05, 4.69) is 20.8 Å². The van der Waals surface area contributed by atoms with E-state index in [1.807, 2.05) is 13.8 Å². The molecule has 1 aromatic carbocycles. The van der Waals surface area contributed by atoms with E-state index in [1.165, 1.54) is 17.0 Å². The number of nitrogens with two attached hydrogens (primary N) is 1. The molecule has 1 heterocycles. The summed E-state index contributed by atoms with van der Waals surface area (Å²) in [6, 6.07) is 4.63. The third kappa shape index (κ3) is 11.3. The van der Waals surface area contributed by atoms with E-state index in [4.69, 9.17) is 22.1 Å². The molecule has 0 spiro atoms. The molecule has 244 valence electrons. The number of benzene rings is 1. The van der Waals surface area contributed by atoms with Gasteiger partial charge in [-0.1, -0.05) is 49.9 Å². The second kappa shape index (κ2) is 16.7. The molecular formula is C30H44ClN5O7S. The van der Waals surface area contributed by atoms with Crippen molar-refractivity contribution in [1.82, 2.24) is 14.9 Å². The predicted octanol–water partition coefficient (Wildman–Crippen LogP) is 4.02. The summed E-state index contributed by atoms with van der Waals surface area (Å²) in [6.07, 6.45) is 7.90. The molecule has 14 heteroatoms. The van der Waals surface area contributed by atoms with Gasteiger partial charge in [0.15, 0.2) is 0 Å². The van der Waals surface area contributed by atoms with Crippen LogP contribution in [-0.2, 0) is 29.3 Å². The summed E-state index contributed by atoms with van der Waals surface area (Å²) < 4.78 is 34.4. The Balaban J connectivity index is 1.43. The monoisotopic (exact) mass is 653 g/mol. The van der Waals surface area contributed by atoms with Crippen molar-refractivity contribution in [3.05, 3.63) is 40.9 Å². The van der Waals surface area contributed by atoms with Crippen LogP contribution in [0.3, 0.4) is 0 Å². The number of hydrogen-bond acceptors (Lipinski definition) is 7. The molecule has 3 atom stereocenters. The molecule has 4 amide bonds. The molecule has 44 heavy (non-hydrogen) atoms. The van der Waals surface area contributed by atoms with E-state index in [0.717, 1.165) is 31.3 Å². The van der Waals surface area contributed by atoms with E-state index in [9.17, 15) is 27.6 Å². The highest BCUT2D eigenvalue weighted by molar-refractivity contribution is 7.91. The number of nitrogens with zero attached hydrogens (tertiary/aromatic N) is 1. The minimum absolute atomic E-state index is 0.150. The lowest BCUT2D eigenvalue weighted by Gasteiger charge is -2.27. The number of likely N-dealkylation sites (tertiary alicyclic amines) is 1. The minimum Gasteiger partial charge on any atom is -0.449 e. The number of halogens is 1. The molecule has 0 radical (unpaired) electrons. The van der Waals surface area contributed by atoms with Crippen molar-refractivity contribution in [3.63, 3.8) is 0 Å². The van der Waals surface area contributed by atoms with Gasteiger partial charge in [0, 0.05) is 17.5 Å². The summed E-state index contributed by atoms with van der Waals surface area (Å²) in [5, 5.41) is 3.15. The van der Waals surface area contributed by atoms with Gasteiger partial charge < -0.3 is 20.7 Å². The number of hydrogen-bond donors (Lipinski definition) is 4. The molecule has 2 fully saturated rings. The number of primary amides is 1. The van der Waals surface area contributed by atoms with Crippen molar-refractivity contribution >= 4 is 51.3 Å². The Labute approximate surface area is 264 Å². The van der Waals surface area contributed by atoms with Crippen LogP contribution in [0.4, 0.5) is 10.5 Å². The zero-order valence-electron chi connectivity index (χ0n) is 25.3. The average molecular weight is 654 g/mol. The lowest BCUT2D eigenvalue weighted by atomic mass is 10.0. The molecule has 1 aromatic rings. The molecule has 0 aromatic heterocycles. The third-order valence-electron chi connectivity index (χ3n) is 7.66. The summed E-state index contributed by atoms with van der Waals surface area (Å²) in [4.78, 5) is 51.5. The number of carbonyl (C=O) groups is 4. The summed E-state index contributed by atoms with van der Waals surface area (Å²) in [7, 11) is -4.07. The molecule has 5 N–H and O–H groups in total. The fraction of sp³-hybridized carbons (Fsp3) is 0.600. The van der Waals surface area contributed by atoms with Gasteiger partial charge in [0.25, 0.3) is 0 Å². The molecule has 12 nitrogen and oxygen atoms in total. The Kier molecular flexibility index (Phi) is 13.3. The maximum atomic E-state index is 13.3. The van der Waals surface area contributed by atoms with Crippen molar-refractivity contribution in [2.45, 2.75) is 90.1 Å². The summed E-state index contributed by atoms with van der Waals surface area (Å²) in [6.45, 7) is 4.48. The van der Waals surface area contributed by atoms with Crippen LogP contribution in [0, 0.1) is 11.8 Å². The Morgan fingerprint density at radius 3 is 2.52 bits per heavy atom. The number of anilines is 1. The lowest BCUT2D eigenvalue weighted by Crippen LogP contribution is -2.52. The van der Waals surface area contributed by atoms with Gasteiger partial charge in [-0.3, -0.25) is 19.1 Å². The molecule has 1 saturated carbocycles. The molecule has 3 rings (SSSR count). The quantitative estimate of drug-likeness (QED) is 0.163. The topological polar surface area (TPSA) is 177 Å². The maximum Gasteiger partial charge on any atom is 0.407 e. The van der Waals surface area contributed by atoms with E-state index in [1.54, 1.807) is 12.1 Å². The fourth-order valence-electron chi connectivity index (χ4n) is 5.39. The third-order valence-corrected chi connectivity index (χ3v) is 8.88. The highest BCUT2D eigenvalue weighted by Crippen LogP contribution is 2.31. The van der Waals surface area contributed by atoms with E-state index >= 15 is 0 Å². The second-order valence-electron chi connectivity index (χ2n) is 11.8. The van der Waals surface area contributed by atoms with Crippen LogP contribution in [0.2, 0.25) is 5.02 Å². The normalized spacial score (nSPS) is 20.0. The largest absolute Gasteiger partial charge is 0.449 e. The lowest BCUT2D eigenvalue weighted by molar-refractivity contribution is -0.139. The van der Waals surface area contributed by atoms with Gasteiger partial charge in [0.05, 0.1) is 12.3 Å². The standard InChI is InChI=1S/C30H44ClN5O7S/c1-20(2)19-43-30(40)33-25(29(39)36-17-7-10-26(36)27(32)37)9-6-4-3-5-8-21-11-12-22(18-21)28(38)35-44(41,42)34-24-15-13-23(31)14-16-24/h8,13-16,20,22,25-26,34H,3-7,9-12,17-19H2,1-2H3,(H2,32,37)(H,33,40)(H,35,38)/b21-8-/t22-,25?,26-/m0/s1. The molecular weight excluding hydrogens is 610 g/mol. The Bertz CT molecular complexity index is 1300. The summed E-state index contributed by atoms with van der Waals surface area (Å²) in [5.74, 6) is -1.69. The number of nitrogens with one attached hydrogen (secondary N) is 3. The maximum absolute atomic E-state index is 13.3. The zero-order valence-corrected chi connectivity index (χ0v) is 26.9. The van der Waals surface area contributed by atoms with E-state index in [-0.39, 0.29) is 18.4 Å². The molecule has 1 aliphatic heterocycles. The Hall–Kier alpha value is -3.32. The average Bonchev–Trinajstić information content (AvgIpc) is 3.64. The number of carbonyl (C=O) groups excluding carboxylic acids is 4. The van der Waals surface area contributed by atoms with E-state index < -0.39 is 46.1 Å². The SMILES string of the molecule is CC(C)COC(=O)NC(CCCCC/C=C1/CC[C@H](C(=O)NS(=O)(=O)Nc2ccc(Cl)cc2)C1)C(=O)N1CCC[C@H]1C(N)=O. The Morgan fingerprint density at radius 1 is 1.11 bits per heavy atom. The summed E-state index contributed by atoms with van der Waals surface area (Å²) >= 11 is 5.82. The first kappa shape index (κ1) is 35.2. The first-order chi connectivity index (χ1) is 20.8. The van der Waals surface area contributed by atoms with Crippen molar-refractivity contribution in [3.8, 4) is 0 Å². The van der Waals surface area contributed by atoms with Crippen LogP contribution in [-0.4, -0.2) is 62.4 Å². The molecule has 2 aliphatic rings. The van der Waals surface area contributed by atoms with Crippen LogP contribution in [0.5, 0.6) is 0 Å². The van der Waals surface area contributed by atoms with Gasteiger partial charge >= 0.3 is 16.3 Å². The highest BCUT2D eigenvalue weighted by atomic mass is 35.5. The van der Waals surface area contributed by atoms with Crippen LogP contribution in [0.15, 0.2) is 35.9 Å². The fourth-order valence-corrected chi connectivity index (χ4v) is 6.44. The smallest absolute Gasteiger partial charge is 0.407 e. The number of allylic oxidation sites excluding steroid dienone is 2. The zero-order chi connectivity index (χ0) is 32.3. The number of ether oxygens (including phenoxy) is 1. The number of amides is 4. The minimum atomic E-state index is -4.07. The van der Waals surface area contributed by atoms with Crippen molar-refractivity contribution in [2.24, 2.45) is 17.6 Å². The van der Waals surface area contributed by atoms with Gasteiger partial charge in [-0.05, 0) is 81.5 Å². The van der Waals surface area contributed by atoms with Gasteiger partial charge in [0.2, 0.25) is 17.7 Å². The van der Waals surface area contributed by atoms with E-state index in [0.29, 0.717) is 55.8 Å². The second-order valence-corrected chi connectivity index (χ2v) is 13.7. The number of alkyl carbamates (subject to hydrolysis) is 1. The number of rotatable bonds is 15. The number of unbranched alkanes of at least 4 members (excludes halogenated alkanes) is 3. The van der Waals surface area contributed by atoms with Crippen molar-refractivity contribution in [1.29, 1.82) is 0 Å². The van der Waals surface area contributed by atoms with Crippen LogP contribution >= 0.6 is 11.6 Å². The van der Waals surface area contributed by atoms with Crippen LogP contribution in [0.1, 0.15) is 78.1 Å². The van der Waals surface area contributed by atoms with Crippen LogP contribution in [0.25, 0.3) is 0 Å². The first-order valence-corrected chi connectivity index (χ1v) is 17.0. The van der Waals surface area contributed by atoms with Gasteiger partial charge in [0.1, 0.15) is 12.1 Å². The highest BCUT2D eigenvalue weighted by Gasteiger charge is 2.36. The van der Waals surface area contributed by atoms with Gasteiger partial charge in [-0.15, -0.1) is 0 Å². The molecule has 1 aliphatic carbocycles. The summed E-state index contributed by atoms with van der Waals surface area (Å²) in [5.41, 5.74) is 6.90. The van der Waals surface area contributed by atoms with Crippen LogP contribution < -0.4 is 20.5 Å². The molecule has 1 saturated heterocycles. The van der Waals surface area contributed by atoms with Crippen molar-refractivity contribution in [2.75, 3.05) is 17.9 Å². The van der Waals surface area contributed by atoms with Gasteiger partial charge in [-0.2, -0.15) is 8.42 Å². The molecule has 0 bridgehead atoms.